The van der Waals surface area contributed by atoms with Gasteiger partial charge in [-0.15, -0.1) is 5.10 Å². The highest BCUT2D eigenvalue weighted by Crippen LogP contribution is 2.12. The normalized spacial score (nSPS) is 12.8. The fraction of sp³-hybridized carbons (Fsp3) is 0.667. The highest BCUT2D eigenvalue weighted by Gasteiger charge is 2.11. The van der Waals surface area contributed by atoms with Gasteiger partial charge in [0.2, 0.25) is 0 Å². The molecule has 7 heteroatoms. The van der Waals surface area contributed by atoms with E-state index in [-0.39, 0.29) is 6.04 Å². The molecular formula is C12H21N7. The van der Waals surface area contributed by atoms with Crippen molar-refractivity contribution in [2.45, 2.75) is 52.2 Å². The zero-order chi connectivity index (χ0) is 13.7. The van der Waals surface area contributed by atoms with E-state index < -0.39 is 0 Å². The minimum absolute atomic E-state index is 0.0349. The first-order chi connectivity index (χ1) is 9.24. The van der Waals surface area contributed by atoms with Gasteiger partial charge in [-0.1, -0.05) is 25.5 Å². The molecule has 0 aliphatic rings. The summed E-state index contributed by atoms with van der Waals surface area (Å²) in [6.45, 7) is 5.67. The number of nitrogens with two attached hydrogens (primary N) is 1. The van der Waals surface area contributed by atoms with Gasteiger partial charge in [0.05, 0.1) is 17.9 Å². The molecule has 104 valence electrons. The molecule has 1 unspecified atom stereocenters. The second-order valence-electron chi connectivity index (χ2n) is 4.64. The lowest BCUT2D eigenvalue weighted by Crippen LogP contribution is -2.11. The maximum Gasteiger partial charge on any atom is 0.148 e. The summed E-state index contributed by atoms with van der Waals surface area (Å²) in [6.07, 6.45) is 6.46. The highest BCUT2D eigenvalue weighted by molar-refractivity contribution is 5.00. The standard InChI is InChI=1S/C12H21N7/c1-3-5-10(13)11-7-18(17-16-11)8-12-14-9-15-19(12)6-4-2/h7,9-10H,3-6,8,13H2,1-2H3. The molecule has 0 aliphatic carbocycles. The van der Waals surface area contributed by atoms with E-state index in [1.807, 2.05) is 10.9 Å². The number of hydrogen-bond donors (Lipinski definition) is 1. The number of aryl methyl sites for hydroxylation is 1. The number of rotatable bonds is 7. The molecule has 0 bridgehead atoms. The Kier molecular flexibility index (Phi) is 4.62. The van der Waals surface area contributed by atoms with E-state index in [1.54, 1.807) is 11.0 Å². The van der Waals surface area contributed by atoms with Crippen LogP contribution in [-0.4, -0.2) is 29.8 Å². The van der Waals surface area contributed by atoms with Crippen molar-refractivity contribution in [3.05, 3.63) is 24.0 Å². The van der Waals surface area contributed by atoms with Crippen molar-refractivity contribution in [2.75, 3.05) is 0 Å². The van der Waals surface area contributed by atoms with Crippen LogP contribution in [0.4, 0.5) is 0 Å². The Morgan fingerprint density at radius 2 is 2.16 bits per heavy atom. The van der Waals surface area contributed by atoms with Gasteiger partial charge in [-0.2, -0.15) is 5.10 Å². The Morgan fingerprint density at radius 3 is 2.89 bits per heavy atom. The SMILES string of the molecule is CCCC(N)c1cn(Cc2ncnn2CCC)nn1. The Labute approximate surface area is 112 Å². The summed E-state index contributed by atoms with van der Waals surface area (Å²) >= 11 is 0. The van der Waals surface area contributed by atoms with Gasteiger partial charge in [-0.25, -0.2) is 14.3 Å². The van der Waals surface area contributed by atoms with E-state index in [0.29, 0.717) is 6.54 Å². The number of nitrogens with zero attached hydrogens (tertiary/aromatic N) is 6. The second kappa shape index (κ2) is 6.42. The molecule has 2 N–H and O–H groups in total. The summed E-state index contributed by atoms with van der Waals surface area (Å²) in [5, 5.41) is 12.4. The van der Waals surface area contributed by atoms with Gasteiger partial charge in [0, 0.05) is 6.54 Å². The minimum Gasteiger partial charge on any atom is -0.323 e. The van der Waals surface area contributed by atoms with Crippen molar-refractivity contribution in [1.29, 1.82) is 0 Å². The average molecular weight is 263 g/mol. The summed E-state index contributed by atoms with van der Waals surface area (Å²) in [7, 11) is 0. The van der Waals surface area contributed by atoms with Gasteiger partial charge in [0.1, 0.15) is 18.7 Å². The van der Waals surface area contributed by atoms with Crippen molar-refractivity contribution in [2.24, 2.45) is 5.73 Å². The van der Waals surface area contributed by atoms with Gasteiger partial charge in [-0.05, 0) is 12.8 Å². The fourth-order valence-electron chi connectivity index (χ4n) is 1.97. The summed E-state index contributed by atoms with van der Waals surface area (Å²) in [6, 6.07) is -0.0349. The van der Waals surface area contributed by atoms with Crippen LogP contribution in [0.1, 0.15) is 50.7 Å². The van der Waals surface area contributed by atoms with Crippen LogP contribution in [0.3, 0.4) is 0 Å². The monoisotopic (exact) mass is 263 g/mol. The van der Waals surface area contributed by atoms with Gasteiger partial charge in [0.25, 0.3) is 0 Å². The van der Waals surface area contributed by atoms with Crippen LogP contribution in [0.2, 0.25) is 0 Å². The van der Waals surface area contributed by atoms with Crippen LogP contribution < -0.4 is 5.73 Å². The van der Waals surface area contributed by atoms with Gasteiger partial charge >= 0.3 is 0 Å². The van der Waals surface area contributed by atoms with Crippen LogP contribution in [0.15, 0.2) is 12.5 Å². The number of hydrogen-bond acceptors (Lipinski definition) is 5. The lowest BCUT2D eigenvalue weighted by molar-refractivity contribution is 0.532. The molecule has 2 aromatic rings. The number of aromatic nitrogens is 6. The molecule has 0 radical (unpaired) electrons. The average Bonchev–Trinajstić information content (AvgIpc) is 3.01. The van der Waals surface area contributed by atoms with Crippen LogP contribution in [0, 0.1) is 0 Å². The molecular weight excluding hydrogens is 242 g/mol. The van der Waals surface area contributed by atoms with E-state index in [2.05, 4.69) is 34.2 Å². The molecule has 7 nitrogen and oxygen atoms in total. The molecule has 19 heavy (non-hydrogen) atoms. The molecule has 0 amide bonds. The Bertz CT molecular complexity index is 502. The van der Waals surface area contributed by atoms with Crippen LogP contribution in [-0.2, 0) is 13.1 Å². The zero-order valence-electron chi connectivity index (χ0n) is 11.5. The lowest BCUT2D eigenvalue weighted by Gasteiger charge is -2.05. The molecule has 2 aromatic heterocycles. The molecule has 0 saturated heterocycles. The first kappa shape index (κ1) is 13.7. The van der Waals surface area contributed by atoms with Crippen LogP contribution in [0.5, 0.6) is 0 Å². The maximum absolute atomic E-state index is 6.02. The van der Waals surface area contributed by atoms with E-state index in [0.717, 1.165) is 37.3 Å². The Balaban J connectivity index is 2.05. The minimum atomic E-state index is -0.0349. The largest absolute Gasteiger partial charge is 0.323 e. The third-order valence-corrected chi connectivity index (χ3v) is 2.97. The van der Waals surface area contributed by atoms with E-state index in [4.69, 9.17) is 5.73 Å². The predicted octanol–water partition coefficient (Wildman–Crippen LogP) is 1.13. The smallest absolute Gasteiger partial charge is 0.148 e. The molecule has 0 spiro atoms. The molecule has 0 aromatic carbocycles. The summed E-state index contributed by atoms with van der Waals surface area (Å²) in [4.78, 5) is 4.25. The molecule has 0 aliphatic heterocycles. The van der Waals surface area contributed by atoms with E-state index in [1.165, 1.54) is 0 Å². The quantitative estimate of drug-likeness (QED) is 0.809. The molecule has 2 heterocycles. The zero-order valence-corrected chi connectivity index (χ0v) is 11.5. The first-order valence-corrected chi connectivity index (χ1v) is 6.76. The topological polar surface area (TPSA) is 87.4 Å². The predicted molar refractivity (Wildman–Crippen MR) is 71.3 cm³/mol. The Hall–Kier alpha value is -1.76. The third kappa shape index (κ3) is 3.37. The van der Waals surface area contributed by atoms with Crippen molar-refractivity contribution in [1.82, 2.24) is 29.8 Å². The fourth-order valence-corrected chi connectivity index (χ4v) is 1.97. The maximum atomic E-state index is 6.02. The molecule has 1 atom stereocenters. The Morgan fingerprint density at radius 1 is 1.32 bits per heavy atom. The summed E-state index contributed by atoms with van der Waals surface area (Å²) < 4.78 is 3.66. The van der Waals surface area contributed by atoms with Crippen molar-refractivity contribution >= 4 is 0 Å². The third-order valence-electron chi connectivity index (χ3n) is 2.97. The second-order valence-corrected chi connectivity index (χ2v) is 4.64. The summed E-state index contributed by atoms with van der Waals surface area (Å²) in [5.74, 6) is 0.891. The van der Waals surface area contributed by atoms with E-state index >= 15 is 0 Å². The molecule has 2 rings (SSSR count). The van der Waals surface area contributed by atoms with Gasteiger partial charge in [0.15, 0.2) is 0 Å². The van der Waals surface area contributed by atoms with Gasteiger partial charge in [-0.3, -0.25) is 0 Å². The van der Waals surface area contributed by atoms with Crippen molar-refractivity contribution in [3.63, 3.8) is 0 Å². The molecule has 0 fully saturated rings. The summed E-state index contributed by atoms with van der Waals surface area (Å²) in [5.41, 5.74) is 6.86. The highest BCUT2D eigenvalue weighted by atomic mass is 15.4. The van der Waals surface area contributed by atoms with Gasteiger partial charge < -0.3 is 5.73 Å². The van der Waals surface area contributed by atoms with Crippen molar-refractivity contribution < 1.29 is 0 Å². The first-order valence-electron chi connectivity index (χ1n) is 6.76. The molecule has 0 saturated carbocycles. The lowest BCUT2D eigenvalue weighted by atomic mass is 10.1. The van der Waals surface area contributed by atoms with E-state index in [9.17, 15) is 0 Å². The van der Waals surface area contributed by atoms with Crippen molar-refractivity contribution in [3.8, 4) is 0 Å². The van der Waals surface area contributed by atoms with Crippen LogP contribution in [0.25, 0.3) is 0 Å². The van der Waals surface area contributed by atoms with Crippen LogP contribution >= 0.6 is 0 Å².